The molecule has 0 aromatic heterocycles. The first-order valence-electron chi connectivity index (χ1n) is 8.66. The predicted octanol–water partition coefficient (Wildman–Crippen LogP) is 1.90. The lowest BCUT2D eigenvalue weighted by Gasteiger charge is -2.15. The van der Waals surface area contributed by atoms with Gasteiger partial charge in [-0.05, 0) is 35.4 Å². The number of hydrogen-bond donors (Lipinski definition) is 2. The number of carbonyl (C=O) groups is 2. The maximum atomic E-state index is 12.6. The van der Waals surface area contributed by atoms with E-state index in [1.54, 1.807) is 18.2 Å². The van der Waals surface area contributed by atoms with Gasteiger partial charge in [-0.1, -0.05) is 24.3 Å². The van der Waals surface area contributed by atoms with Crippen molar-refractivity contribution in [3.8, 4) is 17.2 Å². The van der Waals surface area contributed by atoms with Gasteiger partial charge in [-0.2, -0.15) is 5.26 Å². The lowest BCUT2D eigenvalue weighted by molar-refractivity contribution is -0.136. The van der Waals surface area contributed by atoms with Gasteiger partial charge >= 0.3 is 5.97 Å². The molecule has 1 amide bonds. The van der Waals surface area contributed by atoms with Crippen molar-refractivity contribution in [1.82, 2.24) is 4.90 Å². The molecule has 0 aliphatic carbocycles. The fraction of sp³-hybridized carbons (Fsp3) is 0.190. The van der Waals surface area contributed by atoms with E-state index >= 15 is 0 Å². The highest BCUT2D eigenvalue weighted by Crippen LogP contribution is 2.26. The van der Waals surface area contributed by atoms with E-state index in [0.717, 1.165) is 11.1 Å². The Hall–Kier alpha value is -3.63. The standard InChI is InChI=1S/C21H19N3O4/c1-28-21(27)18-13-24(9-10-25)20(26)19(18)23-17-4-2-3-16(11-17)15-7-5-14(12-22)6-8-15/h2-8,11,23,25H,9-10,13H2,1H3. The largest absolute Gasteiger partial charge is 0.466 e. The number of esters is 1. The number of anilines is 1. The van der Waals surface area contributed by atoms with Gasteiger partial charge in [0.15, 0.2) is 0 Å². The zero-order valence-corrected chi connectivity index (χ0v) is 15.3. The monoisotopic (exact) mass is 377 g/mol. The summed E-state index contributed by atoms with van der Waals surface area (Å²) in [4.78, 5) is 26.1. The van der Waals surface area contributed by atoms with E-state index in [9.17, 15) is 9.59 Å². The molecule has 28 heavy (non-hydrogen) atoms. The van der Waals surface area contributed by atoms with Crippen LogP contribution in [-0.2, 0) is 14.3 Å². The average Bonchev–Trinajstić information content (AvgIpc) is 3.03. The van der Waals surface area contributed by atoms with Gasteiger partial charge in [-0.15, -0.1) is 0 Å². The number of β-amino-alcohol motifs (C(OH)–C–C–N with tert-alkyl or cyclic N) is 1. The average molecular weight is 377 g/mol. The Labute approximate surface area is 162 Å². The van der Waals surface area contributed by atoms with Crippen molar-refractivity contribution < 1.29 is 19.4 Å². The number of methoxy groups -OCH3 is 1. The SMILES string of the molecule is COC(=O)C1=C(Nc2cccc(-c3ccc(C#N)cc3)c2)C(=O)N(CCO)C1. The van der Waals surface area contributed by atoms with Gasteiger partial charge in [0.1, 0.15) is 5.70 Å². The number of hydrogen-bond acceptors (Lipinski definition) is 6. The van der Waals surface area contributed by atoms with Crippen LogP contribution in [0.3, 0.4) is 0 Å². The minimum atomic E-state index is -0.584. The molecule has 2 aromatic carbocycles. The fourth-order valence-corrected chi connectivity index (χ4v) is 3.01. The Balaban J connectivity index is 1.90. The van der Waals surface area contributed by atoms with Crippen molar-refractivity contribution in [3.63, 3.8) is 0 Å². The molecule has 3 rings (SSSR count). The van der Waals surface area contributed by atoms with Gasteiger partial charge in [-0.25, -0.2) is 4.79 Å². The van der Waals surface area contributed by atoms with Crippen LogP contribution in [0.1, 0.15) is 5.56 Å². The second kappa shape index (κ2) is 8.37. The van der Waals surface area contributed by atoms with E-state index in [1.807, 2.05) is 30.3 Å². The number of nitriles is 1. The van der Waals surface area contributed by atoms with Crippen LogP contribution in [0.2, 0.25) is 0 Å². The van der Waals surface area contributed by atoms with E-state index in [2.05, 4.69) is 11.4 Å². The molecule has 0 bridgehead atoms. The topological polar surface area (TPSA) is 103 Å². The van der Waals surface area contributed by atoms with E-state index < -0.39 is 5.97 Å². The Bertz CT molecular complexity index is 974. The van der Waals surface area contributed by atoms with E-state index in [0.29, 0.717) is 11.3 Å². The summed E-state index contributed by atoms with van der Waals surface area (Å²) in [6.45, 7) is 0.0289. The maximum absolute atomic E-state index is 12.6. The van der Waals surface area contributed by atoms with Crippen LogP contribution in [0, 0.1) is 11.3 Å². The van der Waals surface area contributed by atoms with Crippen LogP contribution in [0.25, 0.3) is 11.1 Å². The number of rotatable bonds is 6. The van der Waals surface area contributed by atoms with Crippen molar-refractivity contribution in [3.05, 3.63) is 65.4 Å². The Kier molecular flexibility index (Phi) is 5.72. The van der Waals surface area contributed by atoms with Gasteiger partial charge in [-0.3, -0.25) is 4.79 Å². The summed E-state index contributed by atoms with van der Waals surface area (Å²) in [5.74, 6) is -0.947. The molecule has 0 fully saturated rings. The number of carbonyl (C=O) groups excluding carboxylic acids is 2. The number of nitrogens with one attached hydrogen (secondary N) is 1. The molecule has 0 saturated carbocycles. The summed E-state index contributed by atoms with van der Waals surface area (Å²) in [6.07, 6.45) is 0. The molecule has 2 aromatic rings. The lowest BCUT2D eigenvalue weighted by Crippen LogP contribution is -2.31. The molecule has 0 saturated heterocycles. The molecule has 142 valence electrons. The highest BCUT2D eigenvalue weighted by atomic mass is 16.5. The van der Waals surface area contributed by atoms with Gasteiger partial charge in [0.25, 0.3) is 5.91 Å². The number of nitrogens with zero attached hydrogens (tertiary/aromatic N) is 2. The van der Waals surface area contributed by atoms with Crippen molar-refractivity contribution >= 4 is 17.6 Å². The van der Waals surface area contributed by atoms with Crippen LogP contribution in [0.15, 0.2) is 59.8 Å². The highest BCUT2D eigenvalue weighted by molar-refractivity contribution is 6.08. The van der Waals surface area contributed by atoms with Gasteiger partial charge < -0.3 is 20.1 Å². The minimum absolute atomic E-state index is 0.0870. The molecule has 1 aliphatic rings. The Morgan fingerprint density at radius 1 is 1.25 bits per heavy atom. The van der Waals surface area contributed by atoms with Gasteiger partial charge in [0, 0.05) is 12.2 Å². The third kappa shape index (κ3) is 3.87. The number of aliphatic hydroxyl groups excluding tert-OH is 1. The first-order chi connectivity index (χ1) is 13.6. The maximum Gasteiger partial charge on any atom is 0.337 e. The van der Waals surface area contributed by atoms with Gasteiger partial charge in [0.05, 0.1) is 37.5 Å². The molecule has 0 atom stereocenters. The number of benzene rings is 2. The van der Waals surface area contributed by atoms with E-state index in [-0.39, 0.29) is 36.9 Å². The Morgan fingerprint density at radius 2 is 2.00 bits per heavy atom. The molecular weight excluding hydrogens is 358 g/mol. The molecule has 7 nitrogen and oxygen atoms in total. The molecule has 7 heteroatoms. The van der Waals surface area contributed by atoms with Crippen molar-refractivity contribution in [1.29, 1.82) is 5.26 Å². The second-order valence-corrected chi connectivity index (χ2v) is 6.19. The lowest BCUT2D eigenvalue weighted by atomic mass is 10.0. The first-order valence-corrected chi connectivity index (χ1v) is 8.66. The molecule has 1 aliphatic heterocycles. The van der Waals surface area contributed by atoms with Crippen molar-refractivity contribution in [2.75, 3.05) is 32.1 Å². The number of amides is 1. The molecule has 0 spiro atoms. The fourth-order valence-electron chi connectivity index (χ4n) is 3.01. The Morgan fingerprint density at radius 3 is 2.64 bits per heavy atom. The summed E-state index contributed by atoms with van der Waals surface area (Å²) in [5.41, 5.74) is 3.41. The first kappa shape index (κ1) is 19.1. The van der Waals surface area contributed by atoms with Crippen LogP contribution >= 0.6 is 0 Å². The van der Waals surface area contributed by atoms with Crippen LogP contribution in [0.5, 0.6) is 0 Å². The third-order valence-corrected chi connectivity index (χ3v) is 4.43. The summed E-state index contributed by atoms with van der Waals surface area (Å²) in [5, 5.41) is 21.1. The van der Waals surface area contributed by atoms with E-state index in [4.69, 9.17) is 15.1 Å². The predicted molar refractivity (Wildman–Crippen MR) is 103 cm³/mol. The molecule has 2 N–H and O–H groups in total. The zero-order valence-electron chi connectivity index (χ0n) is 15.3. The normalized spacial score (nSPS) is 13.5. The second-order valence-electron chi connectivity index (χ2n) is 6.19. The van der Waals surface area contributed by atoms with Crippen LogP contribution < -0.4 is 5.32 Å². The van der Waals surface area contributed by atoms with Crippen molar-refractivity contribution in [2.24, 2.45) is 0 Å². The number of aliphatic hydroxyl groups is 1. The molecular formula is C21H19N3O4. The summed E-state index contributed by atoms with van der Waals surface area (Å²) >= 11 is 0. The third-order valence-electron chi connectivity index (χ3n) is 4.43. The van der Waals surface area contributed by atoms with E-state index in [1.165, 1.54) is 12.0 Å². The molecule has 0 radical (unpaired) electrons. The van der Waals surface area contributed by atoms with Gasteiger partial charge in [0.2, 0.25) is 0 Å². The minimum Gasteiger partial charge on any atom is -0.466 e. The number of ether oxygens (including phenoxy) is 1. The summed E-state index contributed by atoms with van der Waals surface area (Å²) in [7, 11) is 1.26. The molecule has 1 heterocycles. The smallest absolute Gasteiger partial charge is 0.337 e. The zero-order chi connectivity index (χ0) is 20.1. The summed E-state index contributed by atoms with van der Waals surface area (Å²) < 4.78 is 4.79. The highest BCUT2D eigenvalue weighted by Gasteiger charge is 2.34. The van der Waals surface area contributed by atoms with Crippen LogP contribution in [0.4, 0.5) is 5.69 Å². The quantitative estimate of drug-likeness (QED) is 0.746. The summed E-state index contributed by atoms with van der Waals surface area (Å²) in [6, 6.07) is 16.6. The molecule has 0 unspecified atom stereocenters. The van der Waals surface area contributed by atoms with Crippen molar-refractivity contribution in [2.45, 2.75) is 0 Å². The van der Waals surface area contributed by atoms with Crippen LogP contribution in [-0.4, -0.2) is 48.7 Å².